The van der Waals surface area contributed by atoms with Crippen molar-refractivity contribution < 1.29 is 14.8 Å². The smallest absolute Gasteiger partial charge is 0.423 e. The van der Waals surface area contributed by atoms with Gasteiger partial charge in [-0.15, -0.1) is 0 Å². The third-order valence-corrected chi connectivity index (χ3v) is 3.74. The highest BCUT2D eigenvalue weighted by molar-refractivity contribution is 6.62. The van der Waals surface area contributed by atoms with Crippen LogP contribution in [0.3, 0.4) is 0 Å². The first-order valence-corrected chi connectivity index (χ1v) is 7.39. The van der Waals surface area contributed by atoms with Crippen LogP contribution in [-0.4, -0.2) is 34.5 Å². The molecule has 2 aromatic carbocycles. The van der Waals surface area contributed by atoms with Gasteiger partial charge in [-0.1, -0.05) is 48.0 Å². The molecule has 0 saturated heterocycles. The number of hydrogen-bond donors (Lipinski definition) is 2. The van der Waals surface area contributed by atoms with Crippen LogP contribution in [-0.2, 0) is 6.54 Å². The Morgan fingerprint density at radius 1 is 1.18 bits per heavy atom. The van der Waals surface area contributed by atoms with E-state index >= 15 is 0 Å². The van der Waals surface area contributed by atoms with Crippen LogP contribution in [0.25, 0.3) is 0 Å². The van der Waals surface area contributed by atoms with Crippen molar-refractivity contribution in [2.75, 3.05) is 6.54 Å². The van der Waals surface area contributed by atoms with Crippen LogP contribution in [0.1, 0.15) is 22.8 Å². The van der Waals surface area contributed by atoms with E-state index in [0.717, 1.165) is 5.56 Å². The highest BCUT2D eigenvalue weighted by atomic mass is 35.5. The van der Waals surface area contributed by atoms with Gasteiger partial charge in [0, 0.05) is 29.1 Å². The van der Waals surface area contributed by atoms with Gasteiger partial charge < -0.3 is 14.9 Å². The van der Waals surface area contributed by atoms with Crippen molar-refractivity contribution in [1.82, 2.24) is 4.90 Å². The molecular weight excluding hydrogens is 300 g/mol. The van der Waals surface area contributed by atoms with Gasteiger partial charge in [-0.2, -0.15) is 0 Å². The maximum absolute atomic E-state index is 12.6. The number of hydrogen-bond acceptors (Lipinski definition) is 3. The number of amides is 1. The summed E-state index contributed by atoms with van der Waals surface area (Å²) in [6, 6.07) is 14.2. The number of halogens is 1. The fourth-order valence-electron chi connectivity index (χ4n) is 2.18. The molecule has 0 aliphatic rings. The van der Waals surface area contributed by atoms with Crippen LogP contribution in [0.5, 0.6) is 0 Å². The van der Waals surface area contributed by atoms with E-state index in [9.17, 15) is 4.79 Å². The van der Waals surface area contributed by atoms with E-state index in [1.807, 2.05) is 37.3 Å². The van der Waals surface area contributed by atoms with Crippen molar-refractivity contribution >= 4 is 30.1 Å². The van der Waals surface area contributed by atoms with Gasteiger partial charge in [0.2, 0.25) is 0 Å². The monoisotopic (exact) mass is 317 g/mol. The van der Waals surface area contributed by atoms with E-state index < -0.39 is 7.12 Å². The van der Waals surface area contributed by atoms with Crippen LogP contribution < -0.4 is 5.46 Å². The van der Waals surface area contributed by atoms with Crippen LogP contribution in [0.4, 0.5) is 0 Å². The van der Waals surface area contributed by atoms with Crippen LogP contribution >= 0.6 is 11.6 Å². The SMILES string of the molecule is CCN(Cc1ccccc1)C(=O)c1ccc(B(O)O)c(Cl)c1. The van der Waals surface area contributed by atoms with Crippen molar-refractivity contribution in [3.05, 3.63) is 64.7 Å². The lowest BCUT2D eigenvalue weighted by Crippen LogP contribution is -2.33. The summed E-state index contributed by atoms with van der Waals surface area (Å²) in [4.78, 5) is 14.3. The number of nitrogens with zero attached hydrogens (tertiary/aromatic N) is 1. The quantitative estimate of drug-likeness (QED) is 0.825. The number of carbonyl (C=O) groups excluding carboxylic acids is 1. The number of carbonyl (C=O) groups is 1. The zero-order valence-electron chi connectivity index (χ0n) is 12.2. The molecule has 2 aromatic rings. The normalized spacial score (nSPS) is 10.4. The molecular formula is C16H17BClNO3. The molecule has 0 saturated carbocycles. The molecule has 0 unspecified atom stereocenters. The van der Waals surface area contributed by atoms with Gasteiger partial charge in [-0.05, 0) is 24.6 Å². The zero-order chi connectivity index (χ0) is 16.1. The van der Waals surface area contributed by atoms with Crippen LogP contribution in [0.15, 0.2) is 48.5 Å². The molecule has 0 aliphatic carbocycles. The molecule has 0 aromatic heterocycles. The molecule has 6 heteroatoms. The third-order valence-electron chi connectivity index (χ3n) is 3.41. The Hall–Kier alpha value is -1.82. The summed E-state index contributed by atoms with van der Waals surface area (Å²) < 4.78 is 0. The Morgan fingerprint density at radius 3 is 2.41 bits per heavy atom. The summed E-state index contributed by atoms with van der Waals surface area (Å²) in [6.07, 6.45) is 0. The molecule has 0 bridgehead atoms. The topological polar surface area (TPSA) is 60.8 Å². The van der Waals surface area contributed by atoms with Crippen molar-refractivity contribution in [2.24, 2.45) is 0 Å². The van der Waals surface area contributed by atoms with E-state index in [4.69, 9.17) is 21.6 Å². The molecule has 0 aliphatic heterocycles. The molecule has 22 heavy (non-hydrogen) atoms. The first-order chi connectivity index (χ1) is 10.5. The summed E-state index contributed by atoms with van der Waals surface area (Å²) in [5.74, 6) is -0.146. The van der Waals surface area contributed by atoms with Gasteiger partial charge in [0.1, 0.15) is 0 Å². The van der Waals surface area contributed by atoms with Crippen molar-refractivity contribution in [2.45, 2.75) is 13.5 Å². The minimum atomic E-state index is -1.65. The maximum atomic E-state index is 12.6. The molecule has 2 N–H and O–H groups in total. The van der Waals surface area contributed by atoms with E-state index in [0.29, 0.717) is 18.7 Å². The van der Waals surface area contributed by atoms with E-state index in [1.54, 1.807) is 11.0 Å². The zero-order valence-corrected chi connectivity index (χ0v) is 13.0. The van der Waals surface area contributed by atoms with Crippen LogP contribution in [0, 0.1) is 0 Å². The average molecular weight is 318 g/mol. The third kappa shape index (κ3) is 3.88. The first-order valence-electron chi connectivity index (χ1n) is 7.01. The summed E-state index contributed by atoms with van der Waals surface area (Å²) in [5.41, 5.74) is 1.66. The Balaban J connectivity index is 2.20. The molecule has 0 atom stereocenters. The molecule has 2 rings (SSSR count). The van der Waals surface area contributed by atoms with E-state index in [2.05, 4.69) is 0 Å². The van der Waals surface area contributed by atoms with Crippen LogP contribution in [0.2, 0.25) is 5.02 Å². The lowest BCUT2D eigenvalue weighted by Gasteiger charge is -2.21. The average Bonchev–Trinajstić information content (AvgIpc) is 2.52. The minimum absolute atomic E-state index is 0.146. The van der Waals surface area contributed by atoms with Gasteiger partial charge in [0.05, 0.1) is 0 Å². The lowest BCUT2D eigenvalue weighted by atomic mass is 9.80. The maximum Gasteiger partial charge on any atom is 0.489 e. The first kappa shape index (κ1) is 16.6. The summed E-state index contributed by atoms with van der Waals surface area (Å²) in [7, 11) is -1.65. The second-order valence-corrected chi connectivity index (χ2v) is 5.32. The second-order valence-electron chi connectivity index (χ2n) is 4.91. The van der Waals surface area contributed by atoms with Crippen molar-refractivity contribution in [1.29, 1.82) is 0 Å². The Morgan fingerprint density at radius 2 is 1.86 bits per heavy atom. The molecule has 4 nitrogen and oxygen atoms in total. The van der Waals surface area contributed by atoms with E-state index in [1.165, 1.54) is 12.1 Å². The predicted octanol–water partition coefficient (Wildman–Crippen LogP) is 1.68. The summed E-state index contributed by atoms with van der Waals surface area (Å²) in [5, 5.41) is 18.5. The summed E-state index contributed by atoms with van der Waals surface area (Å²) in [6.45, 7) is 2.99. The Kier molecular flexibility index (Phi) is 5.60. The van der Waals surface area contributed by atoms with Crippen molar-refractivity contribution in [3.8, 4) is 0 Å². The molecule has 0 radical (unpaired) electrons. The molecule has 0 heterocycles. The Bertz CT molecular complexity index is 649. The standard InChI is InChI=1S/C16H17BClNO3/c1-2-19(11-12-6-4-3-5-7-12)16(20)13-8-9-14(17(21)22)15(18)10-13/h3-10,21-22H,2,11H2,1H3. The Labute approximate surface area is 135 Å². The van der Waals surface area contributed by atoms with Gasteiger partial charge in [-0.3, -0.25) is 4.79 Å². The van der Waals surface area contributed by atoms with Gasteiger partial charge in [0.15, 0.2) is 0 Å². The number of rotatable bonds is 5. The molecule has 1 amide bonds. The van der Waals surface area contributed by atoms with E-state index in [-0.39, 0.29) is 16.4 Å². The minimum Gasteiger partial charge on any atom is -0.423 e. The van der Waals surface area contributed by atoms with Gasteiger partial charge in [0.25, 0.3) is 5.91 Å². The molecule has 0 spiro atoms. The largest absolute Gasteiger partial charge is 0.489 e. The fourth-order valence-corrected chi connectivity index (χ4v) is 2.46. The molecule has 114 valence electrons. The highest BCUT2D eigenvalue weighted by Gasteiger charge is 2.19. The van der Waals surface area contributed by atoms with Crippen molar-refractivity contribution in [3.63, 3.8) is 0 Å². The lowest BCUT2D eigenvalue weighted by molar-refractivity contribution is 0.0752. The number of benzene rings is 2. The molecule has 0 fully saturated rings. The van der Waals surface area contributed by atoms with Gasteiger partial charge >= 0.3 is 7.12 Å². The summed E-state index contributed by atoms with van der Waals surface area (Å²) >= 11 is 5.99. The predicted molar refractivity (Wildman–Crippen MR) is 88.1 cm³/mol. The van der Waals surface area contributed by atoms with Gasteiger partial charge in [-0.25, -0.2) is 0 Å². The second kappa shape index (κ2) is 7.45. The highest BCUT2D eigenvalue weighted by Crippen LogP contribution is 2.14. The fraction of sp³-hybridized carbons (Fsp3) is 0.188.